The molecule has 0 saturated heterocycles. The molecule has 2 heterocycles. The maximum absolute atomic E-state index is 13.2. The van der Waals surface area contributed by atoms with Crippen LogP contribution in [-0.4, -0.2) is 15.7 Å². The van der Waals surface area contributed by atoms with Crippen molar-refractivity contribution in [3.05, 3.63) is 78.2 Å². The zero-order valence-electron chi connectivity index (χ0n) is 19.2. The van der Waals surface area contributed by atoms with Crippen LogP contribution < -0.4 is 10.2 Å². The lowest BCUT2D eigenvalue weighted by Crippen LogP contribution is -2.35. The van der Waals surface area contributed by atoms with E-state index in [4.69, 9.17) is 23.2 Å². The Labute approximate surface area is 229 Å². The van der Waals surface area contributed by atoms with Crippen LogP contribution in [0.3, 0.4) is 0 Å². The normalized spacial score (nSPS) is 26.1. The molecule has 2 aliphatic carbocycles. The number of carbonyl (C=O) groups is 1. The van der Waals surface area contributed by atoms with Crippen molar-refractivity contribution >= 4 is 57.9 Å². The van der Waals surface area contributed by atoms with Gasteiger partial charge in [0, 0.05) is 21.7 Å². The smallest absolute Gasteiger partial charge is 0.325 e. The van der Waals surface area contributed by atoms with E-state index in [0.29, 0.717) is 33.0 Å². The molecule has 5 atom stereocenters. The molecule has 0 spiro atoms. The molecule has 1 aliphatic heterocycles. The molecule has 0 radical (unpaired) electrons. The molecule has 2 bridgehead atoms. The number of amides is 1. The lowest BCUT2D eigenvalue weighted by Gasteiger charge is -2.40. The van der Waals surface area contributed by atoms with E-state index in [-0.39, 0.29) is 23.0 Å². The molecule has 3 aliphatic rings. The van der Waals surface area contributed by atoms with Gasteiger partial charge in [0.1, 0.15) is 6.54 Å². The summed E-state index contributed by atoms with van der Waals surface area (Å²) in [5, 5.41) is 4.53. The first-order chi connectivity index (χ1) is 17.6. The van der Waals surface area contributed by atoms with Crippen molar-refractivity contribution in [2.75, 3.05) is 5.32 Å². The summed E-state index contributed by atoms with van der Waals surface area (Å²) in [7, 11) is 0. The van der Waals surface area contributed by atoms with Gasteiger partial charge in [-0.25, -0.2) is 0 Å². The van der Waals surface area contributed by atoms with Gasteiger partial charge in [0.15, 0.2) is 0 Å². The second kappa shape index (κ2) is 9.36. The predicted octanol–water partition coefficient (Wildman–Crippen LogP) is 7.53. The van der Waals surface area contributed by atoms with Crippen molar-refractivity contribution in [1.82, 2.24) is 4.57 Å². The number of aromatic nitrogens is 1. The molecule has 194 valence electrons. The van der Waals surface area contributed by atoms with E-state index in [1.54, 1.807) is 17.8 Å². The number of carbonyl (C=O) groups excluding carboxylic acids is 1. The number of thioether (sulfide) groups is 1. The zero-order valence-corrected chi connectivity index (χ0v) is 22.4. The average Bonchev–Trinajstić information content (AvgIpc) is 3.54. The molecule has 2 saturated carbocycles. The summed E-state index contributed by atoms with van der Waals surface area (Å²) in [6.45, 7) is -0.282. The molecule has 2 aromatic carbocycles. The summed E-state index contributed by atoms with van der Waals surface area (Å²) < 4.78 is 40.7. The van der Waals surface area contributed by atoms with Crippen molar-refractivity contribution in [2.24, 2.45) is 17.8 Å². The minimum Gasteiger partial charge on any atom is -0.325 e. The van der Waals surface area contributed by atoms with Crippen molar-refractivity contribution in [3.8, 4) is 0 Å². The van der Waals surface area contributed by atoms with Gasteiger partial charge in [-0.05, 0) is 66.8 Å². The van der Waals surface area contributed by atoms with Gasteiger partial charge in [0.05, 0.1) is 20.6 Å². The summed E-state index contributed by atoms with van der Waals surface area (Å²) in [4.78, 5) is 26.7. The van der Waals surface area contributed by atoms with Crippen molar-refractivity contribution < 1.29 is 18.0 Å². The SMILES string of the molecule is O=C(Cn1c2c(sc1=O)[C@H](c1cccc(Cl)c1Cl)C1C3CCC(C3)C1S2)Nc1cccc(C(F)(F)F)c1. The number of alkyl halides is 3. The average molecular weight is 586 g/mol. The molecule has 2 fully saturated rings. The predicted molar refractivity (Wildman–Crippen MR) is 141 cm³/mol. The third-order valence-corrected chi connectivity index (χ3v) is 11.4. The van der Waals surface area contributed by atoms with Crippen LogP contribution in [0.1, 0.15) is 41.2 Å². The summed E-state index contributed by atoms with van der Waals surface area (Å²) in [5.41, 5.74) is 0.0796. The van der Waals surface area contributed by atoms with E-state index in [1.807, 2.05) is 12.1 Å². The molecule has 3 aromatic rings. The van der Waals surface area contributed by atoms with Gasteiger partial charge in [0.25, 0.3) is 0 Å². The van der Waals surface area contributed by atoms with E-state index in [2.05, 4.69) is 5.32 Å². The first kappa shape index (κ1) is 25.3. The molecule has 11 heteroatoms. The van der Waals surface area contributed by atoms with E-state index >= 15 is 0 Å². The minimum absolute atomic E-state index is 0.0291. The maximum atomic E-state index is 13.2. The van der Waals surface area contributed by atoms with Crippen molar-refractivity contribution in [2.45, 2.75) is 48.2 Å². The molecular weight excluding hydrogens is 564 g/mol. The number of nitrogens with zero attached hydrogens (tertiary/aromatic N) is 1. The molecular formula is C26H21Cl2F3N2O2S2. The van der Waals surface area contributed by atoms with Crippen molar-refractivity contribution in [1.29, 1.82) is 0 Å². The Morgan fingerprint density at radius 2 is 1.86 bits per heavy atom. The number of nitrogens with one attached hydrogen (secondary N) is 1. The Kier molecular flexibility index (Phi) is 6.41. The number of benzene rings is 2. The van der Waals surface area contributed by atoms with Gasteiger partial charge < -0.3 is 5.32 Å². The molecule has 37 heavy (non-hydrogen) atoms. The largest absolute Gasteiger partial charge is 0.416 e. The molecule has 1 aromatic heterocycles. The van der Waals surface area contributed by atoms with Crippen LogP contribution in [0.15, 0.2) is 52.3 Å². The van der Waals surface area contributed by atoms with Gasteiger partial charge in [-0.1, -0.05) is 52.7 Å². The summed E-state index contributed by atoms with van der Waals surface area (Å²) in [5.74, 6) is 0.766. The van der Waals surface area contributed by atoms with E-state index in [1.165, 1.54) is 16.7 Å². The summed E-state index contributed by atoms with van der Waals surface area (Å²) in [6.07, 6.45) is -1.07. The van der Waals surface area contributed by atoms with Crippen LogP contribution in [0.4, 0.5) is 18.9 Å². The van der Waals surface area contributed by atoms with E-state index < -0.39 is 17.6 Å². The number of halogens is 5. The van der Waals surface area contributed by atoms with Crippen LogP contribution in [0.2, 0.25) is 10.0 Å². The van der Waals surface area contributed by atoms with E-state index in [0.717, 1.165) is 58.2 Å². The third-order valence-electron chi connectivity index (χ3n) is 7.78. The fraction of sp³-hybridized carbons (Fsp3) is 0.385. The number of hydrogen-bond acceptors (Lipinski definition) is 4. The third kappa shape index (κ3) is 4.41. The fourth-order valence-electron chi connectivity index (χ4n) is 6.31. The highest BCUT2D eigenvalue weighted by atomic mass is 35.5. The van der Waals surface area contributed by atoms with Crippen LogP contribution in [0, 0.1) is 17.8 Å². The molecule has 1 amide bonds. The van der Waals surface area contributed by atoms with E-state index in [9.17, 15) is 22.8 Å². The van der Waals surface area contributed by atoms with Crippen LogP contribution in [0.5, 0.6) is 0 Å². The van der Waals surface area contributed by atoms with Crippen LogP contribution in [-0.2, 0) is 17.5 Å². The van der Waals surface area contributed by atoms with Crippen molar-refractivity contribution in [3.63, 3.8) is 0 Å². The summed E-state index contributed by atoms with van der Waals surface area (Å²) in [6, 6.07) is 10.0. The minimum atomic E-state index is -4.52. The Balaban J connectivity index is 1.35. The number of hydrogen-bond donors (Lipinski definition) is 1. The molecule has 1 N–H and O–H groups in total. The first-order valence-corrected chi connectivity index (χ1v) is 14.4. The Morgan fingerprint density at radius 1 is 1.11 bits per heavy atom. The molecule has 4 unspecified atom stereocenters. The van der Waals surface area contributed by atoms with Gasteiger partial charge in [-0.3, -0.25) is 14.2 Å². The van der Waals surface area contributed by atoms with Gasteiger partial charge in [-0.2, -0.15) is 13.2 Å². The number of rotatable bonds is 4. The highest BCUT2D eigenvalue weighted by Gasteiger charge is 2.55. The summed E-state index contributed by atoms with van der Waals surface area (Å²) >= 11 is 15.9. The second-order valence-electron chi connectivity index (χ2n) is 9.86. The van der Waals surface area contributed by atoms with Crippen LogP contribution in [0.25, 0.3) is 0 Å². The lowest BCUT2D eigenvalue weighted by molar-refractivity contribution is -0.137. The standard InChI is InChI=1S/C26H21Cl2F3N2O2S2/c27-17-6-2-5-16(21(17)28)20-19-12-7-8-13(9-12)22(19)36-24-23(20)37-25(35)33(24)11-18(34)32-15-4-1-3-14(10-15)26(29,30)31/h1-6,10,12-13,19-20,22H,7-9,11H2,(H,32,34)/t12?,13?,19?,20-,22?/m1/s1. The lowest BCUT2D eigenvalue weighted by atomic mass is 9.75. The topological polar surface area (TPSA) is 51.1 Å². The molecule has 4 nitrogen and oxygen atoms in total. The second-order valence-corrected chi connectivity index (χ2v) is 12.8. The van der Waals surface area contributed by atoms with Gasteiger partial charge in [0.2, 0.25) is 5.91 Å². The quantitative estimate of drug-likeness (QED) is 0.345. The maximum Gasteiger partial charge on any atom is 0.416 e. The Bertz CT molecular complexity index is 1450. The molecule has 6 rings (SSSR count). The number of anilines is 1. The first-order valence-electron chi connectivity index (χ1n) is 11.9. The highest BCUT2D eigenvalue weighted by Crippen LogP contribution is 2.64. The van der Waals surface area contributed by atoms with Crippen LogP contribution >= 0.6 is 46.3 Å². The monoisotopic (exact) mass is 584 g/mol. The Morgan fingerprint density at radius 3 is 2.65 bits per heavy atom. The highest BCUT2D eigenvalue weighted by molar-refractivity contribution is 8.00. The van der Waals surface area contributed by atoms with Gasteiger partial charge in [-0.15, -0.1) is 11.8 Å². The fourth-order valence-corrected chi connectivity index (χ4v) is 9.88. The number of thiazole rings is 1. The van der Waals surface area contributed by atoms with Gasteiger partial charge >= 0.3 is 11.0 Å². The number of fused-ring (bicyclic) bond motifs is 6. The Hall–Kier alpha value is -1.94. The zero-order chi connectivity index (χ0) is 26.1.